The van der Waals surface area contributed by atoms with Gasteiger partial charge >= 0.3 is 0 Å². The predicted molar refractivity (Wildman–Crippen MR) is 57.6 cm³/mol. The van der Waals surface area contributed by atoms with Gasteiger partial charge in [0.1, 0.15) is 5.75 Å². The topological polar surface area (TPSA) is 21.3 Å². The molecule has 0 fully saturated rings. The van der Waals surface area contributed by atoms with Crippen LogP contribution in [-0.2, 0) is 13.0 Å². The van der Waals surface area contributed by atoms with Crippen molar-refractivity contribution >= 4 is 0 Å². The van der Waals surface area contributed by atoms with E-state index in [9.17, 15) is 0 Å². The first kappa shape index (κ1) is 9.53. The molecule has 0 atom stereocenters. The summed E-state index contributed by atoms with van der Waals surface area (Å²) in [6.07, 6.45) is 1.06. The third-order valence-corrected chi connectivity index (χ3v) is 2.47. The lowest BCUT2D eigenvalue weighted by molar-refractivity contribution is 0.357. The average Bonchev–Trinajstić information content (AvgIpc) is 2.61. The molecule has 0 amide bonds. The van der Waals surface area contributed by atoms with Gasteiger partial charge in [-0.05, 0) is 17.2 Å². The molecule has 1 N–H and O–H groups in total. The van der Waals surface area contributed by atoms with Crippen LogP contribution in [0.4, 0.5) is 0 Å². The molecule has 0 unspecified atom stereocenters. The third kappa shape index (κ3) is 2.07. The second kappa shape index (κ2) is 4.01. The highest BCUT2D eigenvalue weighted by Crippen LogP contribution is 2.25. The van der Waals surface area contributed by atoms with Crippen LogP contribution in [-0.4, -0.2) is 12.6 Å². The fourth-order valence-corrected chi connectivity index (χ4v) is 1.67. The van der Waals surface area contributed by atoms with E-state index >= 15 is 0 Å². The molecule has 0 spiro atoms. The fourth-order valence-electron chi connectivity index (χ4n) is 1.67. The lowest BCUT2D eigenvalue weighted by atomic mass is 10.1. The first-order valence-corrected chi connectivity index (χ1v) is 5.23. The van der Waals surface area contributed by atoms with Crippen LogP contribution >= 0.6 is 0 Å². The molecule has 14 heavy (non-hydrogen) atoms. The molecule has 2 rings (SSSR count). The maximum Gasteiger partial charge on any atom is 0.122 e. The monoisotopic (exact) mass is 191 g/mol. The summed E-state index contributed by atoms with van der Waals surface area (Å²) in [5, 5.41) is 3.41. The second-order valence-corrected chi connectivity index (χ2v) is 4.08. The summed E-state index contributed by atoms with van der Waals surface area (Å²) in [6, 6.07) is 7.01. The van der Waals surface area contributed by atoms with Gasteiger partial charge in [-0.1, -0.05) is 26.0 Å². The molecule has 2 nitrogen and oxygen atoms in total. The summed E-state index contributed by atoms with van der Waals surface area (Å²) in [5.74, 6) is 1.07. The number of hydrogen-bond donors (Lipinski definition) is 1. The molecule has 0 radical (unpaired) electrons. The first-order valence-electron chi connectivity index (χ1n) is 5.23. The van der Waals surface area contributed by atoms with Crippen LogP contribution in [0.2, 0.25) is 0 Å². The zero-order valence-electron chi connectivity index (χ0n) is 8.84. The van der Waals surface area contributed by atoms with Gasteiger partial charge in [0, 0.05) is 19.0 Å². The Hall–Kier alpha value is -1.02. The Bertz CT molecular complexity index is 320. The van der Waals surface area contributed by atoms with Gasteiger partial charge in [0.2, 0.25) is 0 Å². The predicted octanol–water partition coefficient (Wildman–Crippen LogP) is 2.12. The van der Waals surface area contributed by atoms with Crippen LogP contribution in [0.15, 0.2) is 18.2 Å². The molecule has 1 aromatic carbocycles. The zero-order chi connectivity index (χ0) is 9.97. The minimum Gasteiger partial charge on any atom is -0.493 e. The summed E-state index contributed by atoms with van der Waals surface area (Å²) in [4.78, 5) is 0. The summed E-state index contributed by atoms with van der Waals surface area (Å²) >= 11 is 0. The van der Waals surface area contributed by atoms with Crippen molar-refractivity contribution in [3.63, 3.8) is 0 Å². The minimum absolute atomic E-state index is 0.541. The van der Waals surface area contributed by atoms with E-state index in [1.807, 2.05) is 0 Å². The van der Waals surface area contributed by atoms with Gasteiger partial charge in [-0.2, -0.15) is 0 Å². The molecule has 0 saturated heterocycles. The van der Waals surface area contributed by atoms with E-state index in [2.05, 4.69) is 37.4 Å². The van der Waals surface area contributed by atoms with E-state index in [0.717, 1.165) is 25.3 Å². The zero-order valence-corrected chi connectivity index (χ0v) is 8.84. The maximum absolute atomic E-state index is 5.46. The van der Waals surface area contributed by atoms with Crippen molar-refractivity contribution in [2.75, 3.05) is 6.61 Å². The lowest BCUT2D eigenvalue weighted by Crippen LogP contribution is -2.21. The first-order chi connectivity index (χ1) is 6.75. The van der Waals surface area contributed by atoms with E-state index < -0.39 is 0 Å². The Labute approximate surface area is 85.3 Å². The Morgan fingerprint density at radius 2 is 2.29 bits per heavy atom. The standard InChI is InChI=1S/C12H17NO/c1-9(2)13-8-10-3-4-12-11(7-10)5-6-14-12/h3-4,7,9,13H,5-6,8H2,1-2H3. The number of hydrogen-bond acceptors (Lipinski definition) is 2. The molecule has 1 aromatic rings. The van der Waals surface area contributed by atoms with Gasteiger partial charge in [-0.25, -0.2) is 0 Å². The van der Waals surface area contributed by atoms with Crippen LogP contribution < -0.4 is 10.1 Å². The number of ether oxygens (including phenoxy) is 1. The van der Waals surface area contributed by atoms with Crippen molar-refractivity contribution in [2.24, 2.45) is 0 Å². The van der Waals surface area contributed by atoms with Gasteiger partial charge in [-0.15, -0.1) is 0 Å². The lowest BCUT2D eigenvalue weighted by Gasteiger charge is -2.08. The molecule has 0 aromatic heterocycles. The SMILES string of the molecule is CC(C)NCc1ccc2c(c1)CCO2. The number of rotatable bonds is 3. The van der Waals surface area contributed by atoms with E-state index in [-0.39, 0.29) is 0 Å². The summed E-state index contributed by atoms with van der Waals surface area (Å²) < 4.78 is 5.46. The smallest absolute Gasteiger partial charge is 0.122 e. The van der Waals surface area contributed by atoms with Crippen molar-refractivity contribution in [3.8, 4) is 5.75 Å². The highest BCUT2D eigenvalue weighted by molar-refractivity contribution is 5.39. The van der Waals surface area contributed by atoms with Gasteiger partial charge in [0.25, 0.3) is 0 Å². The van der Waals surface area contributed by atoms with Crippen LogP contribution in [0, 0.1) is 0 Å². The highest BCUT2D eigenvalue weighted by Gasteiger charge is 2.11. The van der Waals surface area contributed by atoms with Crippen LogP contribution in [0.1, 0.15) is 25.0 Å². The molecule has 76 valence electrons. The largest absolute Gasteiger partial charge is 0.493 e. The van der Waals surface area contributed by atoms with Crippen molar-refractivity contribution in [1.82, 2.24) is 5.32 Å². The highest BCUT2D eigenvalue weighted by atomic mass is 16.5. The Morgan fingerprint density at radius 3 is 3.07 bits per heavy atom. The Kier molecular flexibility index (Phi) is 2.73. The Balaban J connectivity index is 2.05. The Morgan fingerprint density at radius 1 is 1.43 bits per heavy atom. The summed E-state index contributed by atoms with van der Waals surface area (Å²) in [7, 11) is 0. The molecule has 1 aliphatic heterocycles. The van der Waals surface area contributed by atoms with Crippen molar-refractivity contribution in [1.29, 1.82) is 0 Å². The second-order valence-electron chi connectivity index (χ2n) is 4.08. The molecule has 1 heterocycles. The van der Waals surface area contributed by atoms with Crippen LogP contribution in [0.5, 0.6) is 5.75 Å². The van der Waals surface area contributed by atoms with E-state index in [4.69, 9.17) is 4.74 Å². The summed E-state index contributed by atoms with van der Waals surface area (Å²) in [5.41, 5.74) is 2.70. The number of fused-ring (bicyclic) bond motifs is 1. The molecule has 0 saturated carbocycles. The van der Waals surface area contributed by atoms with Gasteiger partial charge in [-0.3, -0.25) is 0 Å². The fraction of sp³-hybridized carbons (Fsp3) is 0.500. The van der Waals surface area contributed by atoms with Crippen LogP contribution in [0.3, 0.4) is 0 Å². The average molecular weight is 191 g/mol. The van der Waals surface area contributed by atoms with Crippen molar-refractivity contribution in [2.45, 2.75) is 32.9 Å². The molecule has 1 aliphatic rings. The van der Waals surface area contributed by atoms with Crippen molar-refractivity contribution < 1.29 is 4.74 Å². The van der Waals surface area contributed by atoms with E-state index in [1.54, 1.807) is 0 Å². The van der Waals surface area contributed by atoms with Crippen molar-refractivity contribution in [3.05, 3.63) is 29.3 Å². The minimum atomic E-state index is 0.541. The number of nitrogens with one attached hydrogen (secondary N) is 1. The normalized spacial score (nSPS) is 14.2. The van der Waals surface area contributed by atoms with Gasteiger partial charge in [0.05, 0.1) is 6.61 Å². The molecular formula is C12H17NO. The van der Waals surface area contributed by atoms with Gasteiger partial charge in [0.15, 0.2) is 0 Å². The molecule has 2 heteroatoms. The molecular weight excluding hydrogens is 174 g/mol. The van der Waals surface area contributed by atoms with E-state index in [1.165, 1.54) is 11.1 Å². The van der Waals surface area contributed by atoms with Gasteiger partial charge < -0.3 is 10.1 Å². The third-order valence-electron chi connectivity index (χ3n) is 2.47. The van der Waals surface area contributed by atoms with E-state index in [0.29, 0.717) is 6.04 Å². The number of benzene rings is 1. The quantitative estimate of drug-likeness (QED) is 0.790. The van der Waals surface area contributed by atoms with Crippen LogP contribution in [0.25, 0.3) is 0 Å². The molecule has 0 bridgehead atoms. The molecule has 0 aliphatic carbocycles. The summed E-state index contributed by atoms with van der Waals surface area (Å²) in [6.45, 7) is 6.12. The maximum atomic E-state index is 5.46.